The summed E-state index contributed by atoms with van der Waals surface area (Å²) in [4.78, 5) is 35.6. The van der Waals surface area contributed by atoms with Crippen LogP contribution < -0.4 is 10.6 Å². The van der Waals surface area contributed by atoms with Crippen LogP contribution in [0.3, 0.4) is 0 Å². The summed E-state index contributed by atoms with van der Waals surface area (Å²) in [6, 6.07) is 7.39. The van der Waals surface area contributed by atoms with Gasteiger partial charge in [-0.3, -0.25) is 14.4 Å². The normalized spacial score (nSPS) is 10.7. The van der Waals surface area contributed by atoms with Gasteiger partial charge in [-0.15, -0.1) is 11.3 Å². The van der Waals surface area contributed by atoms with Gasteiger partial charge in [0.05, 0.1) is 5.02 Å². The molecule has 0 aliphatic heterocycles. The van der Waals surface area contributed by atoms with Gasteiger partial charge in [0.1, 0.15) is 11.4 Å². The molecule has 1 aromatic heterocycles. The van der Waals surface area contributed by atoms with Crippen molar-refractivity contribution >= 4 is 50.8 Å². The summed E-state index contributed by atoms with van der Waals surface area (Å²) in [6.07, 6.45) is 0. The van der Waals surface area contributed by atoms with Crippen molar-refractivity contribution in [1.29, 1.82) is 0 Å². The maximum absolute atomic E-state index is 12.2. The number of ether oxygens (including phenoxy) is 1. The Morgan fingerprint density at radius 3 is 2.60 bits per heavy atom. The molecule has 2 N–H and O–H groups in total. The summed E-state index contributed by atoms with van der Waals surface area (Å²) in [5, 5.41) is 6.24. The highest BCUT2D eigenvalue weighted by atomic mass is 35.5. The fourth-order valence-electron chi connectivity index (χ4n) is 1.96. The van der Waals surface area contributed by atoms with Crippen LogP contribution in [0.1, 0.15) is 23.5 Å². The number of carbonyl (C=O) groups excluding carboxylic acids is 3. The van der Waals surface area contributed by atoms with Crippen LogP contribution in [-0.2, 0) is 14.3 Å². The number of carbonyl (C=O) groups is 3. The molecule has 0 fully saturated rings. The van der Waals surface area contributed by atoms with Crippen molar-refractivity contribution < 1.29 is 19.1 Å². The van der Waals surface area contributed by atoms with E-state index >= 15 is 0 Å². The highest BCUT2D eigenvalue weighted by Gasteiger charge is 2.18. The second kappa shape index (κ2) is 8.82. The van der Waals surface area contributed by atoms with Gasteiger partial charge in [-0.1, -0.05) is 43.6 Å². The van der Waals surface area contributed by atoms with E-state index in [1.807, 2.05) is 38.1 Å². The van der Waals surface area contributed by atoms with Crippen LogP contribution in [0.25, 0.3) is 10.1 Å². The largest absolute Gasteiger partial charge is 0.454 e. The highest BCUT2D eigenvalue weighted by Crippen LogP contribution is 2.34. The van der Waals surface area contributed by atoms with E-state index in [4.69, 9.17) is 16.3 Å². The Labute approximate surface area is 154 Å². The molecule has 0 unspecified atom stereocenters. The van der Waals surface area contributed by atoms with E-state index in [0.29, 0.717) is 22.4 Å². The lowest BCUT2D eigenvalue weighted by atomic mass is 10.2. The molecule has 1 aromatic carbocycles. The Balaban J connectivity index is 1.82. The summed E-state index contributed by atoms with van der Waals surface area (Å²) in [7, 11) is 0. The molecule has 0 aliphatic rings. The average molecular weight is 383 g/mol. The highest BCUT2D eigenvalue weighted by molar-refractivity contribution is 7.21. The second-order valence-electron chi connectivity index (χ2n) is 5.78. The molecule has 2 rings (SSSR count). The minimum absolute atomic E-state index is 0.310. The quantitative estimate of drug-likeness (QED) is 0.721. The smallest absolute Gasteiger partial charge is 0.325 e. The van der Waals surface area contributed by atoms with Gasteiger partial charge < -0.3 is 15.4 Å². The molecule has 0 bridgehead atoms. The zero-order valence-electron chi connectivity index (χ0n) is 13.9. The summed E-state index contributed by atoms with van der Waals surface area (Å²) in [6.45, 7) is 3.73. The lowest BCUT2D eigenvalue weighted by Gasteiger charge is -2.08. The van der Waals surface area contributed by atoms with Crippen LogP contribution in [0.4, 0.5) is 0 Å². The first kappa shape index (κ1) is 19.2. The maximum atomic E-state index is 12.2. The van der Waals surface area contributed by atoms with Crippen LogP contribution in [0, 0.1) is 5.92 Å². The molecule has 2 amide bonds. The fraction of sp³-hybridized carbons (Fsp3) is 0.353. The van der Waals surface area contributed by atoms with Gasteiger partial charge in [0, 0.05) is 16.6 Å². The predicted octanol–water partition coefficient (Wildman–Crippen LogP) is 2.60. The van der Waals surface area contributed by atoms with Crippen LogP contribution in [-0.4, -0.2) is 37.5 Å². The van der Waals surface area contributed by atoms with E-state index in [9.17, 15) is 14.4 Å². The summed E-state index contributed by atoms with van der Waals surface area (Å²) >= 11 is 7.46. The molecule has 25 heavy (non-hydrogen) atoms. The Kier molecular flexibility index (Phi) is 6.78. The molecule has 0 spiro atoms. The van der Waals surface area contributed by atoms with Crippen LogP contribution in [0.2, 0.25) is 5.02 Å². The van der Waals surface area contributed by atoms with Crippen LogP contribution >= 0.6 is 22.9 Å². The molecule has 2 aromatic rings. The van der Waals surface area contributed by atoms with E-state index in [1.54, 1.807) is 0 Å². The Hall–Kier alpha value is -2.12. The van der Waals surface area contributed by atoms with Crippen molar-refractivity contribution in [1.82, 2.24) is 10.6 Å². The number of hydrogen-bond donors (Lipinski definition) is 2. The number of fused-ring (bicyclic) bond motifs is 1. The van der Waals surface area contributed by atoms with E-state index in [1.165, 1.54) is 11.3 Å². The number of nitrogens with one attached hydrogen (secondary N) is 2. The number of rotatable bonds is 7. The standard InChI is InChI=1S/C17H19ClN2O4S/c1-10(2)7-19-13(21)9-24-14(22)8-20-17(23)16-15(18)11-5-3-4-6-12(11)25-16/h3-6,10H,7-9H2,1-2H3,(H,19,21)(H,20,23). The maximum Gasteiger partial charge on any atom is 0.325 e. The first-order chi connectivity index (χ1) is 11.9. The summed E-state index contributed by atoms with van der Waals surface area (Å²) in [5.41, 5.74) is 0. The number of hydrogen-bond acceptors (Lipinski definition) is 5. The molecule has 0 atom stereocenters. The molecule has 0 radical (unpaired) electrons. The third-order valence-corrected chi connectivity index (χ3v) is 4.88. The molecule has 0 saturated carbocycles. The van der Waals surface area contributed by atoms with Gasteiger partial charge >= 0.3 is 5.97 Å². The zero-order valence-corrected chi connectivity index (χ0v) is 15.5. The SMILES string of the molecule is CC(C)CNC(=O)COC(=O)CNC(=O)c1sc2ccccc2c1Cl. The van der Waals surface area contributed by atoms with E-state index in [2.05, 4.69) is 10.6 Å². The molecule has 6 nitrogen and oxygen atoms in total. The van der Waals surface area contributed by atoms with Gasteiger partial charge in [0.25, 0.3) is 11.8 Å². The van der Waals surface area contributed by atoms with Crippen molar-refractivity contribution in [2.24, 2.45) is 5.92 Å². The monoisotopic (exact) mass is 382 g/mol. The van der Waals surface area contributed by atoms with Crippen molar-refractivity contribution in [3.8, 4) is 0 Å². The minimum Gasteiger partial charge on any atom is -0.454 e. The lowest BCUT2D eigenvalue weighted by Crippen LogP contribution is -2.34. The third-order valence-electron chi connectivity index (χ3n) is 3.21. The van der Waals surface area contributed by atoms with Gasteiger partial charge in [-0.2, -0.15) is 0 Å². The first-order valence-corrected chi connectivity index (χ1v) is 8.95. The topological polar surface area (TPSA) is 84.5 Å². The molecular formula is C17H19ClN2O4S. The Bertz CT molecular complexity index is 788. The van der Waals surface area contributed by atoms with Crippen molar-refractivity contribution in [2.75, 3.05) is 19.7 Å². The van der Waals surface area contributed by atoms with Gasteiger partial charge in [-0.05, 0) is 12.0 Å². The van der Waals surface area contributed by atoms with Crippen LogP contribution in [0.15, 0.2) is 24.3 Å². The van der Waals surface area contributed by atoms with Gasteiger partial charge in [0.2, 0.25) is 0 Å². The number of thiophene rings is 1. The van der Waals surface area contributed by atoms with Crippen LogP contribution in [0.5, 0.6) is 0 Å². The summed E-state index contributed by atoms with van der Waals surface area (Å²) < 4.78 is 5.71. The van der Waals surface area contributed by atoms with Crippen molar-refractivity contribution in [3.05, 3.63) is 34.2 Å². The second-order valence-corrected chi connectivity index (χ2v) is 7.21. The lowest BCUT2D eigenvalue weighted by molar-refractivity contribution is -0.147. The first-order valence-electron chi connectivity index (χ1n) is 7.76. The number of esters is 1. The number of halogens is 1. The minimum atomic E-state index is -0.690. The molecule has 134 valence electrons. The summed E-state index contributed by atoms with van der Waals surface area (Å²) in [5.74, 6) is -1.20. The molecule has 1 heterocycles. The molecule has 0 saturated heterocycles. The zero-order chi connectivity index (χ0) is 18.4. The van der Waals surface area contributed by atoms with Gasteiger partial charge in [0.15, 0.2) is 6.61 Å². The fourth-order valence-corrected chi connectivity index (χ4v) is 3.39. The molecule has 0 aliphatic carbocycles. The predicted molar refractivity (Wildman–Crippen MR) is 98.0 cm³/mol. The number of amides is 2. The molecular weight excluding hydrogens is 364 g/mol. The van der Waals surface area contributed by atoms with E-state index in [-0.39, 0.29) is 19.1 Å². The molecule has 8 heteroatoms. The number of benzene rings is 1. The van der Waals surface area contributed by atoms with Crippen molar-refractivity contribution in [3.63, 3.8) is 0 Å². The average Bonchev–Trinajstić information content (AvgIpc) is 2.93. The van der Waals surface area contributed by atoms with Crippen molar-refractivity contribution in [2.45, 2.75) is 13.8 Å². The Morgan fingerprint density at radius 2 is 1.92 bits per heavy atom. The Morgan fingerprint density at radius 1 is 1.20 bits per heavy atom. The van der Waals surface area contributed by atoms with E-state index < -0.39 is 11.9 Å². The van der Waals surface area contributed by atoms with E-state index in [0.717, 1.165) is 10.1 Å². The third kappa shape index (κ3) is 5.44. The van der Waals surface area contributed by atoms with Gasteiger partial charge in [-0.25, -0.2) is 0 Å².